The van der Waals surface area contributed by atoms with E-state index in [1.807, 2.05) is 27.7 Å². The molecular weight excluding hydrogens is 381 g/mol. The van der Waals surface area contributed by atoms with E-state index < -0.39 is 5.60 Å². The Hall–Kier alpha value is -0.0400. The van der Waals surface area contributed by atoms with Gasteiger partial charge in [0.1, 0.15) is 5.60 Å². The summed E-state index contributed by atoms with van der Waals surface area (Å²) in [6.07, 6.45) is 3.10. The van der Waals surface area contributed by atoms with Crippen LogP contribution in [0.2, 0.25) is 0 Å². The Morgan fingerprint density at radius 3 is 2.29 bits per heavy atom. The minimum Gasteiger partial charge on any atom is -0.444 e. The summed E-state index contributed by atoms with van der Waals surface area (Å²) in [4.78, 5) is 11.7. The third-order valence-electron chi connectivity index (χ3n) is 2.91. The van der Waals surface area contributed by atoms with Crippen LogP contribution in [0.15, 0.2) is 0 Å². The Labute approximate surface area is 143 Å². The van der Waals surface area contributed by atoms with Gasteiger partial charge >= 0.3 is 6.09 Å². The number of ether oxygens (including phenoxy) is 2. The Kier molecular flexibility index (Phi) is 9.85. The summed E-state index contributed by atoms with van der Waals surface area (Å²) in [5, 5.41) is 2.80. The number of alkyl halides is 1. The van der Waals surface area contributed by atoms with Crippen molar-refractivity contribution in [2.45, 2.75) is 72.0 Å². The van der Waals surface area contributed by atoms with Gasteiger partial charge < -0.3 is 14.8 Å². The van der Waals surface area contributed by atoms with Crippen LogP contribution >= 0.6 is 22.6 Å². The van der Waals surface area contributed by atoms with Crippen molar-refractivity contribution >= 4 is 28.7 Å². The average Bonchev–Trinajstić information content (AvgIpc) is 2.33. The van der Waals surface area contributed by atoms with Crippen LogP contribution in [0.3, 0.4) is 0 Å². The van der Waals surface area contributed by atoms with Gasteiger partial charge in [-0.05, 0) is 40.0 Å². The number of carbonyl (C=O) groups excluding carboxylic acids is 1. The van der Waals surface area contributed by atoms with Gasteiger partial charge in [0, 0.05) is 11.0 Å². The summed E-state index contributed by atoms with van der Waals surface area (Å²) >= 11 is 2.30. The number of halogens is 1. The predicted octanol–water partition coefficient (Wildman–Crippen LogP) is 4.55. The Morgan fingerprint density at radius 2 is 1.81 bits per heavy atom. The molecule has 0 aromatic heterocycles. The van der Waals surface area contributed by atoms with E-state index in [4.69, 9.17) is 9.47 Å². The van der Waals surface area contributed by atoms with Crippen molar-refractivity contribution in [3.63, 3.8) is 0 Å². The predicted molar refractivity (Wildman–Crippen MR) is 96.2 cm³/mol. The molecule has 1 atom stereocenters. The van der Waals surface area contributed by atoms with Gasteiger partial charge in [0.05, 0.1) is 12.1 Å². The second kappa shape index (κ2) is 9.87. The van der Waals surface area contributed by atoms with Crippen LogP contribution < -0.4 is 5.32 Å². The van der Waals surface area contributed by atoms with E-state index in [1.54, 1.807) is 0 Å². The smallest absolute Gasteiger partial charge is 0.407 e. The van der Waals surface area contributed by atoms with Gasteiger partial charge in [0.2, 0.25) is 0 Å². The SMILES string of the molecule is CC(C)CCCCOC(C)(CI)CNC(=O)OC(C)(C)C. The number of carbonyl (C=O) groups is 1. The van der Waals surface area contributed by atoms with Crippen molar-refractivity contribution in [2.24, 2.45) is 5.92 Å². The molecule has 0 spiro atoms. The minimum absolute atomic E-state index is 0.338. The number of hydrogen-bond donors (Lipinski definition) is 1. The van der Waals surface area contributed by atoms with Crippen molar-refractivity contribution in [1.29, 1.82) is 0 Å². The highest BCUT2D eigenvalue weighted by Crippen LogP contribution is 2.16. The van der Waals surface area contributed by atoms with Crippen molar-refractivity contribution in [3.8, 4) is 0 Å². The van der Waals surface area contributed by atoms with Crippen LogP contribution in [0.4, 0.5) is 4.79 Å². The summed E-state index contributed by atoms with van der Waals surface area (Å²) in [6, 6.07) is 0. The van der Waals surface area contributed by atoms with Gasteiger partial charge in [0.15, 0.2) is 0 Å². The van der Waals surface area contributed by atoms with Crippen molar-refractivity contribution in [2.75, 3.05) is 17.6 Å². The number of amides is 1. The minimum atomic E-state index is -0.470. The van der Waals surface area contributed by atoms with Gasteiger partial charge in [0.25, 0.3) is 0 Å². The van der Waals surface area contributed by atoms with Crippen LogP contribution in [-0.4, -0.2) is 34.9 Å². The van der Waals surface area contributed by atoms with E-state index >= 15 is 0 Å². The largest absolute Gasteiger partial charge is 0.444 e. The maximum atomic E-state index is 11.7. The summed E-state index contributed by atoms with van der Waals surface area (Å²) in [5.41, 5.74) is -0.808. The molecule has 0 saturated carbocycles. The fraction of sp³-hybridized carbons (Fsp3) is 0.938. The van der Waals surface area contributed by atoms with Gasteiger partial charge in [-0.2, -0.15) is 0 Å². The number of hydrogen-bond acceptors (Lipinski definition) is 3. The number of nitrogens with one attached hydrogen (secondary N) is 1. The third-order valence-corrected chi connectivity index (χ3v) is 4.53. The topological polar surface area (TPSA) is 47.6 Å². The van der Waals surface area contributed by atoms with E-state index in [-0.39, 0.29) is 11.7 Å². The molecule has 0 aromatic carbocycles. The zero-order chi connectivity index (χ0) is 16.5. The Morgan fingerprint density at radius 1 is 1.19 bits per heavy atom. The molecule has 0 aromatic rings. The highest BCUT2D eigenvalue weighted by Gasteiger charge is 2.25. The Bertz CT molecular complexity index is 302. The molecule has 21 heavy (non-hydrogen) atoms. The Balaban J connectivity index is 4.02. The number of rotatable bonds is 9. The normalized spacial score (nSPS) is 14.9. The average molecular weight is 413 g/mol. The fourth-order valence-electron chi connectivity index (χ4n) is 1.68. The van der Waals surface area contributed by atoms with Gasteiger partial charge in [-0.1, -0.05) is 49.3 Å². The molecule has 0 aliphatic carbocycles. The molecule has 0 fully saturated rings. The lowest BCUT2D eigenvalue weighted by atomic mass is 10.1. The van der Waals surface area contributed by atoms with Crippen LogP contribution in [0.5, 0.6) is 0 Å². The zero-order valence-electron chi connectivity index (χ0n) is 14.4. The quantitative estimate of drug-likeness (QED) is 0.343. The fourth-order valence-corrected chi connectivity index (χ4v) is 2.17. The first-order valence-corrected chi connectivity index (χ1v) is 9.27. The lowest BCUT2D eigenvalue weighted by Gasteiger charge is -2.29. The summed E-state index contributed by atoms with van der Waals surface area (Å²) in [5.74, 6) is 0.745. The third kappa shape index (κ3) is 12.2. The maximum absolute atomic E-state index is 11.7. The van der Waals surface area contributed by atoms with Gasteiger partial charge in [-0.3, -0.25) is 0 Å². The molecule has 0 heterocycles. The molecule has 0 aliphatic heterocycles. The summed E-state index contributed by atoms with van der Waals surface area (Å²) < 4.78 is 12.0. The highest BCUT2D eigenvalue weighted by molar-refractivity contribution is 14.1. The first-order valence-electron chi connectivity index (χ1n) is 7.75. The zero-order valence-corrected chi connectivity index (χ0v) is 16.6. The van der Waals surface area contributed by atoms with Crippen LogP contribution in [0.25, 0.3) is 0 Å². The lowest BCUT2D eigenvalue weighted by molar-refractivity contribution is -0.0156. The first-order chi connectivity index (χ1) is 9.58. The molecule has 0 aliphatic rings. The van der Waals surface area contributed by atoms with E-state index in [0.29, 0.717) is 6.54 Å². The van der Waals surface area contributed by atoms with E-state index in [2.05, 4.69) is 41.8 Å². The number of unbranched alkanes of at least 4 members (excludes halogenated alkanes) is 1. The molecule has 126 valence electrons. The second-order valence-corrected chi connectivity index (χ2v) is 7.94. The molecule has 0 radical (unpaired) electrons. The van der Waals surface area contributed by atoms with Crippen LogP contribution in [0.1, 0.15) is 60.8 Å². The van der Waals surface area contributed by atoms with Crippen molar-refractivity contribution in [1.82, 2.24) is 5.32 Å². The summed E-state index contributed by atoms with van der Waals surface area (Å²) in [6.45, 7) is 13.3. The first kappa shape index (κ1) is 21.0. The van der Waals surface area contributed by atoms with Crippen molar-refractivity contribution in [3.05, 3.63) is 0 Å². The molecule has 5 heteroatoms. The second-order valence-electron chi connectivity index (χ2n) is 7.18. The van der Waals surface area contributed by atoms with E-state index in [1.165, 1.54) is 12.8 Å². The van der Waals surface area contributed by atoms with E-state index in [0.717, 1.165) is 23.4 Å². The van der Waals surface area contributed by atoms with Crippen molar-refractivity contribution < 1.29 is 14.3 Å². The molecule has 1 N–H and O–H groups in total. The molecule has 0 bridgehead atoms. The molecule has 1 amide bonds. The molecular formula is C16H32INO3. The highest BCUT2D eigenvalue weighted by atomic mass is 127. The monoisotopic (exact) mass is 413 g/mol. The molecule has 0 rings (SSSR count). The molecule has 0 saturated heterocycles. The van der Waals surface area contributed by atoms with Crippen LogP contribution in [0, 0.1) is 5.92 Å². The van der Waals surface area contributed by atoms with Crippen LogP contribution in [-0.2, 0) is 9.47 Å². The molecule has 1 unspecified atom stereocenters. The molecule has 4 nitrogen and oxygen atoms in total. The standard InChI is InChI=1S/C16H32INO3/c1-13(2)9-7-8-10-20-16(6,11-17)12-18-14(19)21-15(3,4)5/h13H,7-12H2,1-6H3,(H,18,19). The van der Waals surface area contributed by atoms with Gasteiger partial charge in [-0.25, -0.2) is 4.79 Å². The van der Waals surface area contributed by atoms with Gasteiger partial charge in [-0.15, -0.1) is 0 Å². The maximum Gasteiger partial charge on any atom is 0.407 e. The number of alkyl carbamates (subject to hydrolysis) is 1. The van der Waals surface area contributed by atoms with E-state index in [9.17, 15) is 4.79 Å². The lowest BCUT2D eigenvalue weighted by Crippen LogP contribution is -2.45. The summed E-state index contributed by atoms with van der Waals surface area (Å²) in [7, 11) is 0.